The van der Waals surface area contributed by atoms with Crippen molar-refractivity contribution in [3.63, 3.8) is 0 Å². The van der Waals surface area contributed by atoms with Crippen molar-refractivity contribution in [2.75, 3.05) is 11.3 Å². The number of benzene rings is 1. The van der Waals surface area contributed by atoms with Crippen molar-refractivity contribution in [1.82, 2.24) is 4.72 Å². The van der Waals surface area contributed by atoms with E-state index in [0.717, 1.165) is 24.1 Å². The van der Waals surface area contributed by atoms with Crippen LogP contribution in [0, 0.1) is 13.8 Å². The van der Waals surface area contributed by atoms with Crippen molar-refractivity contribution in [2.45, 2.75) is 49.3 Å². The Morgan fingerprint density at radius 3 is 2.29 bits per heavy atom. The molecule has 2 N–H and O–H groups in total. The van der Waals surface area contributed by atoms with Gasteiger partial charge in [0.2, 0.25) is 0 Å². The number of amidine groups is 1. The molecule has 0 atom stereocenters. The predicted octanol–water partition coefficient (Wildman–Crippen LogP) is 3.42. The second kappa shape index (κ2) is 8.22. The molecule has 0 radical (unpaired) electrons. The second-order valence-corrected chi connectivity index (χ2v) is 11.4. The molecule has 1 aromatic heterocycles. The number of thiophene rings is 1. The molecule has 1 aromatic carbocycles. The zero-order valence-electron chi connectivity index (χ0n) is 15.7. The van der Waals surface area contributed by atoms with E-state index >= 15 is 0 Å². The highest BCUT2D eigenvalue weighted by Crippen LogP contribution is 2.27. The number of rotatable bonds is 5. The van der Waals surface area contributed by atoms with Crippen LogP contribution in [-0.2, 0) is 20.0 Å². The normalized spacial score (nSPS) is 15.6. The molecule has 0 unspecified atom stereocenters. The molecule has 3 rings (SSSR count). The number of hydrogen-bond acceptors (Lipinski definition) is 6. The maximum absolute atomic E-state index is 12.6. The maximum Gasteiger partial charge on any atom is 0.262 e. The summed E-state index contributed by atoms with van der Waals surface area (Å²) in [5, 5.41) is 0. The van der Waals surface area contributed by atoms with Crippen LogP contribution in [0.4, 0.5) is 5.69 Å². The van der Waals surface area contributed by atoms with Gasteiger partial charge in [0.25, 0.3) is 20.0 Å². The Morgan fingerprint density at radius 2 is 1.64 bits per heavy atom. The molecule has 10 heteroatoms. The largest absolute Gasteiger partial charge is 0.280 e. The van der Waals surface area contributed by atoms with Gasteiger partial charge in [0.1, 0.15) is 10.7 Å². The number of nitrogens with zero attached hydrogens (tertiary/aromatic N) is 1. The Morgan fingerprint density at radius 1 is 0.929 bits per heavy atom. The third-order valence-corrected chi connectivity index (χ3v) is 8.33. The first kappa shape index (κ1) is 20.8. The summed E-state index contributed by atoms with van der Waals surface area (Å²) in [5.41, 5.74) is 0.300. The van der Waals surface area contributed by atoms with Crippen LogP contribution in [0.15, 0.2) is 45.1 Å². The molecular weight excluding hydrogens is 418 g/mol. The fourth-order valence-corrected chi connectivity index (χ4v) is 6.66. The standard InChI is InChI=1S/C18H23N3O4S3/c1-13-12-17(14(2)26-13)28(24,25)20-15-7-9-16(10-8-15)27(22,23)21-18-6-4-3-5-11-19-18/h7-10,12,20H,3-6,11H2,1-2H3,(H,19,21). The van der Waals surface area contributed by atoms with Crippen molar-refractivity contribution in [1.29, 1.82) is 0 Å². The Labute approximate surface area is 170 Å². The van der Waals surface area contributed by atoms with Crippen LogP contribution in [0.2, 0.25) is 0 Å². The Kier molecular flexibility index (Phi) is 6.11. The maximum atomic E-state index is 12.6. The zero-order chi connectivity index (χ0) is 20.4. The Balaban J connectivity index is 1.75. The molecule has 0 spiro atoms. The number of sulfonamides is 2. The summed E-state index contributed by atoms with van der Waals surface area (Å²) in [6.07, 6.45) is 3.51. The molecule has 2 heterocycles. The van der Waals surface area contributed by atoms with E-state index in [0.29, 0.717) is 29.4 Å². The summed E-state index contributed by atoms with van der Waals surface area (Å²) >= 11 is 1.41. The van der Waals surface area contributed by atoms with E-state index in [1.54, 1.807) is 13.0 Å². The van der Waals surface area contributed by atoms with Gasteiger partial charge in [0.05, 0.1) is 4.90 Å². The van der Waals surface area contributed by atoms with Crippen LogP contribution < -0.4 is 9.44 Å². The molecular formula is C18H23N3O4S3. The first-order chi connectivity index (χ1) is 13.2. The van der Waals surface area contributed by atoms with Gasteiger partial charge < -0.3 is 0 Å². The van der Waals surface area contributed by atoms with Crippen molar-refractivity contribution < 1.29 is 16.8 Å². The van der Waals surface area contributed by atoms with Gasteiger partial charge in [-0.2, -0.15) is 0 Å². The lowest BCUT2D eigenvalue weighted by atomic mass is 10.2. The van der Waals surface area contributed by atoms with Crippen molar-refractivity contribution in [3.8, 4) is 0 Å². The molecule has 0 fully saturated rings. The predicted molar refractivity (Wildman–Crippen MR) is 112 cm³/mol. The van der Waals surface area contributed by atoms with Gasteiger partial charge in [-0.15, -0.1) is 11.3 Å². The van der Waals surface area contributed by atoms with Crippen molar-refractivity contribution in [2.24, 2.45) is 4.99 Å². The SMILES string of the molecule is Cc1cc(S(=O)(=O)Nc2ccc(S(=O)(=O)NC3=NCCCCC3)cc2)c(C)s1. The van der Waals surface area contributed by atoms with Crippen molar-refractivity contribution in [3.05, 3.63) is 40.1 Å². The molecule has 152 valence electrons. The third-order valence-electron chi connectivity index (χ3n) is 4.33. The molecule has 0 saturated carbocycles. The van der Waals surface area contributed by atoms with Gasteiger partial charge in [0, 0.05) is 28.4 Å². The first-order valence-corrected chi connectivity index (χ1v) is 12.7. The number of anilines is 1. The molecule has 0 saturated heterocycles. The average Bonchev–Trinajstić information content (AvgIpc) is 2.80. The summed E-state index contributed by atoms with van der Waals surface area (Å²) in [5.74, 6) is 0.477. The minimum Gasteiger partial charge on any atom is -0.280 e. The topological polar surface area (TPSA) is 105 Å². The molecule has 7 nitrogen and oxygen atoms in total. The van der Waals surface area contributed by atoms with Gasteiger partial charge in [0.15, 0.2) is 0 Å². The highest BCUT2D eigenvalue weighted by atomic mass is 32.2. The summed E-state index contributed by atoms with van der Waals surface area (Å²) in [7, 11) is -7.47. The zero-order valence-corrected chi connectivity index (χ0v) is 18.2. The minimum absolute atomic E-state index is 0.0601. The van der Waals surface area contributed by atoms with E-state index in [1.807, 2.05) is 6.92 Å². The smallest absolute Gasteiger partial charge is 0.262 e. The van der Waals surface area contributed by atoms with Gasteiger partial charge in [-0.1, -0.05) is 6.42 Å². The molecule has 28 heavy (non-hydrogen) atoms. The van der Waals surface area contributed by atoms with Crippen LogP contribution >= 0.6 is 11.3 Å². The van der Waals surface area contributed by atoms with E-state index in [1.165, 1.54) is 35.6 Å². The average molecular weight is 442 g/mol. The van der Waals surface area contributed by atoms with Crippen molar-refractivity contribution >= 4 is 42.9 Å². The van der Waals surface area contributed by atoms with E-state index in [2.05, 4.69) is 14.4 Å². The van der Waals surface area contributed by atoms with E-state index in [-0.39, 0.29) is 9.79 Å². The number of hydrogen-bond donors (Lipinski definition) is 2. The molecule has 1 aliphatic heterocycles. The summed E-state index contributed by atoms with van der Waals surface area (Å²) < 4.78 is 55.3. The monoisotopic (exact) mass is 441 g/mol. The van der Waals surface area contributed by atoms with Gasteiger partial charge in [-0.25, -0.2) is 16.8 Å². The lowest BCUT2D eigenvalue weighted by Gasteiger charge is -2.11. The quantitative estimate of drug-likeness (QED) is 0.742. The molecule has 0 amide bonds. The van der Waals surface area contributed by atoms with Crippen LogP contribution in [0.3, 0.4) is 0 Å². The van der Waals surface area contributed by atoms with E-state index < -0.39 is 20.0 Å². The number of aliphatic imine (C=N–C) groups is 1. The van der Waals surface area contributed by atoms with Gasteiger partial charge in [-0.3, -0.25) is 14.4 Å². The van der Waals surface area contributed by atoms with Crippen LogP contribution in [0.25, 0.3) is 0 Å². The van der Waals surface area contributed by atoms with Crippen LogP contribution in [-0.4, -0.2) is 29.2 Å². The molecule has 2 aromatic rings. The van der Waals surface area contributed by atoms with Gasteiger partial charge >= 0.3 is 0 Å². The van der Waals surface area contributed by atoms with Gasteiger partial charge in [-0.05, 0) is 57.0 Å². The lowest BCUT2D eigenvalue weighted by molar-refractivity contribution is 0.591. The summed E-state index contributed by atoms with van der Waals surface area (Å²) in [4.78, 5) is 6.19. The van der Waals surface area contributed by atoms with Crippen LogP contribution in [0.1, 0.15) is 35.4 Å². The lowest BCUT2D eigenvalue weighted by Crippen LogP contribution is -2.30. The number of nitrogens with one attached hydrogen (secondary N) is 2. The van der Waals surface area contributed by atoms with E-state index in [9.17, 15) is 16.8 Å². The van der Waals surface area contributed by atoms with E-state index in [4.69, 9.17) is 0 Å². The Bertz CT molecular complexity index is 1090. The molecule has 0 aliphatic carbocycles. The Hall–Kier alpha value is -1.91. The molecule has 1 aliphatic rings. The minimum atomic E-state index is -3.75. The summed E-state index contributed by atoms with van der Waals surface area (Å²) in [6, 6.07) is 7.26. The fraction of sp³-hybridized carbons (Fsp3) is 0.389. The summed E-state index contributed by atoms with van der Waals surface area (Å²) in [6.45, 7) is 4.23. The van der Waals surface area contributed by atoms with Crippen LogP contribution in [0.5, 0.6) is 0 Å². The number of aryl methyl sites for hydroxylation is 2. The molecule has 0 bridgehead atoms. The first-order valence-electron chi connectivity index (χ1n) is 8.93. The highest BCUT2D eigenvalue weighted by molar-refractivity contribution is 7.93. The third kappa shape index (κ3) is 4.92. The fourth-order valence-electron chi connectivity index (χ4n) is 2.96. The second-order valence-electron chi connectivity index (χ2n) is 6.65. The highest BCUT2D eigenvalue weighted by Gasteiger charge is 2.21.